The van der Waals surface area contributed by atoms with Crippen molar-refractivity contribution < 1.29 is 8.87 Å². The molecule has 0 radical (unpaired) electrons. The highest BCUT2D eigenvalue weighted by atomic mass is 19.1. The van der Waals surface area contributed by atoms with E-state index in [2.05, 4.69) is 26.5 Å². The lowest BCUT2D eigenvalue weighted by Gasteiger charge is -2.23. The van der Waals surface area contributed by atoms with Gasteiger partial charge in [-0.2, -0.15) is 0 Å². The predicted octanol–water partition coefficient (Wildman–Crippen LogP) is 0.642. The third-order valence-electron chi connectivity index (χ3n) is 1.45. The average molecular weight is 163 g/mol. The van der Waals surface area contributed by atoms with Crippen LogP contribution in [-0.2, 0) is 0 Å². The molecule has 0 atom stereocenters. The van der Waals surface area contributed by atoms with E-state index < -0.39 is 0 Å². The van der Waals surface area contributed by atoms with Crippen molar-refractivity contribution in [1.82, 2.24) is 5.32 Å². The maximum absolute atomic E-state index is 11.6. The molecule has 0 heterocycles. The summed E-state index contributed by atoms with van der Waals surface area (Å²) in [5.74, 6) is 0. The molecule has 0 aromatic rings. The smallest absolute Gasteiger partial charge is 0.102 e. The Kier molecular flexibility index (Phi) is 5.42. The number of nitrogens with one attached hydrogen (secondary N) is 1. The van der Waals surface area contributed by atoms with Crippen LogP contribution < -0.4 is 5.32 Å². The molecule has 2 nitrogen and oxygen atoms in total. The van der Waals surface area contributed by atoms with Crippen LogP contribution in [0.2, 0.25) is 0 Å². The molecule has 0 unspecified atom stereocenters. The zero-order chi connectivity index (χ0) is 8.74. The van der Waals surface area contributed by atoms with Gasteiger partial charge in [0.05, 0.1) is 27.7 Å². The second-order valence-corrected chi connectivity index (χ2v) is 3.81. The van der Waals surface area contributed by atoms with Crippen molar-refractivity contribution in [2.24, 2.45) is 0 Å². The summed E-state index contributed by atoms with van der Waals surface area (Å²) < 4.78 is 12.6. The second-order valence-electron chi connectivity index (χ2n) is 3.81. The Labute approximate surface area is 69.0 Å². The largest absolute Gasteiger partial charge is 0.331 e. The quantitative estimate of drug-likeness (QED) is 0.447. The summed E-state index contributed by atoms with van der Waals surface area (Å²) in [4.78, 5) is 0. The van der Waals surface area contributed by atoms with Crippen molar-refractivity contribution in [3.05, 3.63) is 0 Å². The van der Waals surface area contributed by atoms with Gasteiger partial charge in [0.1, 0.15) is 6.67 Å². The normalized spacial score (nSPS) is 12.0. The van der Waals surface area contributed by atoms with Crippen molar-refractivity contribution in [3.63, 3.8) is 0 Å². The van der Waals surface area contributed by atoms with Crippen LogP contribution in [0, 0.1) is 0 Å². The minimum Gasteiger partial charge on any atom is -0.331 e. The van der Waals surface area contributed by atoms with E-state index in [4.69, 9.17) is 0 Å². The Hall–Kier alpha value is -0.150. The van der Waals surface area contributed by atoms with E-state index in [-0.39, 0.29) is 6.67 Å². The molecule has 0 bridgehead atoms. The Morgan fingerprint density at radius 3 is 2.27 bits per heavy atom. The van der Waals surface area contributed by atoms with Crippen molar-refractivity contribution in [1.29, 1.82) is 0 Å². The minimum absolute atomic E-state index is 0.260. The molecule has 0 aliphatic carbocycles. The van der Waals surface area contributed by atoms with E-state index >= 15 is 0 Å². The fraction of sp³-hybridized carbons (Fsp3) is 1.00. The summed E-state index contributed by atoms with van der Waals surface area (Å²) >= 11 is 0. The van der Waals surface area contributed by atoms with Gasteiger partial charge >= 0.3 is 0 Å². The van der Waals surface area contributed by atoms with Crippen LogP contribution in [0.1, 0.15) is 6.42 Å². The molecule has 68 valence electrons. The zero-order valence-corrected chi connectivity index (χ0v) is 7.86. The highest BCUT2D eigenvalue weighted by Crippen LogP contribution is 1.91. The van der Waals surface area contributed by atoms with Gasteiger partial charge in [0.2, 0.25) is 0 Å². The maximum atomic E-state index is 11.6. The number of nitrogens with zero attached hydrogens (tertiary/aromatic N) is 1. The first-order valence-corrected chi connectivity index (χ1v) is 4.13. The molecule has 0 aliphatic heterocycles. The SMILES string of the molecule is C[N+](C)(C)CCCNCCF. The number of hydrogen-bond acceptors (Lipinski definition) is 1. The summed E-state index contributed by atoms with van der Waals surface area (Å²) in [5, 5.41) is 3.02. The standard InChI is InChI=1S/C8H20FN2/c1-11(2,3)8-4-6-10-7-5-9/h10H,4-8H2,1-3H3/q+1. The van der Waals surface area contributed by atoms with Crippen molar-refractivity contribution in [3.8, 4) is 0 Å². The maximum Gasteiger partial charge on any atom is 0.102 e. The molecule has 0 aliphatic rings. The number of alkyl halides is 1. The zero-order valence-electron chi connectivity index (χ0n) is 7.86. The van der Waals surface area contributed by atoms with E-state index in [9.17, 15) is 4.39 Å². The van der Waals surface area contributed by atoms with Gasteiger partial charge in [-0.05, 0) is 0 Å². The summed E-state index contributed by atoms with van der Waals surface area (Å²) in [6, 6.07) is 0. The van der Waals surface area contributed by atoms with E-state index in [0.717, 1.165) is 24.0 Å². The van der Waals surface area contributed by atoms with Crippen molar-refractivity contribution in [2.75, 3.05) is 47.5 Å². The first-order valence-electron chi connectivity index (χ1n) is 4.13. The fourth-order valence-electron chi connectivity index (χ4n) is 0.870. The monoisotopic (exact) mass is 163 g/mol. The summed E-state index contributed by atoms with van der Waals surface area (Å²) in [5.41, 5.74) is 0. The van der Waals surface area contributed by atoms with Crippen molar-refractivity contribution in [2.45, 2.75) is 6.42 Å². The van der Waals surface area contributed by atoms with Crippen LogP contribution in [0.5, 0.6) is 0 Å². The Morgan fingerprint density at radius 1 is 1.18 bits per heavy atom. The number of quaternary nitrogens is 1. The van der Waals surface area contributed by atoms with Crippen molar-refractivity contribution >= 4 is 0 Å². The van der Waals surface area contributed by atoms with Gasteiger partial charge in [-0.15, -0.1) is 0 Å². The van der Waals surface area contributed by atoms with Gasteiger partial charge in [-0.25, -0.2) is 4.39 Å². The van der Waals surface area contributed by atoms with Crippen LogP contribution in [-0.4, -0.2) is 51.9 Å². The van der Waals surface area contributed by atoms with Gasteiger partial charge in [0.25, 0.3) is 0 Å². The molecule has 0 rings (SSSR count). The molecule has 0 fully saturated rings. The molecular weight excluding hydrogens is 143 g/mol. The number of rotatable bonds is 6. The molecule has 0 spiro atoms. The number of hydrogen-bond donors (Lipinski definition) is 1. The Bertz CT molecular complexity index is 88.6. The first-order chi connectivity index (χ1) is 5.06. The molecule has 1 N–H and O–H groups in total. The molecule has 0 saturated heterocycles. The lowest BCUT2D eigenvalue weighted by molar-refractivity contribution is -0.870. The summed E-state index contributed by atoms with van der Waals surface area (Å²) in [7, 11) is 6.49. The van der Waals surface area contributed by atoms with E-state index in [0.29, 0.717) is 6.54 Å². The predicted molar refractivity (Wildman–Crippen MR) is 46.4 cm³/mol. The summed E-state index contributed by atoms with van der Waals surface area (Å²) in [6.07, 6.45) is 1.11. The van der Waals surface area contributed by atoms with Gasteiger partial charge in [-0.3, -0.25) is 0 Å². The molecular formula is C8H20FN2+. The van der Waals surface area contributed by atoms with Gasteiger partial charge < -0.3 is 9.80 Å². The minimum atomic E-state index is -0.260. The van der Waals surface area contributed by atoms with E-state index in [1.54, 1.807) is 0 Å². The molecule has 11 heavy (non-hydrogen) atoms. The van der Waals surface area contributed by atoms with Crippen LogP contribution >= 0.6 is 0 Å². The molecule has 0 amide bonds. The lowest BCUT2D eigenvalue weighted by Crippen LogP contribution is -2.36. The first kappa shape index (κ1) is 10.8. The Morgan fingerprint density at radius 2 is 1.82 bits per heavy atom. The molecule has 0 saturated carbocycles. The number of halogens is 1. The topological polar surface area (TPSA) is 12.0 Å². The van der Waals surface area contributed by atoms with Crippen LogP contribution in [0.25, 0.3) is 0 Å². The van der Waals surface area contributed by atoms with Gasteiger partial charge in [0, 0.05) is 19.5 Å². The lowest BCUT2D eigenvalue weighted by atomic mass is 10.3. The Balaban J connectivity index is 3.02. The second kappa shape index (κ2) is 5.49. The van der Waals surface area contributed by atoms with E-state index in [1.165, 1.54) is 0 Å². The highest BCUT2D eigenvalue weighted by Gasteiger charge is 2.04. The molecule has 0 aromatic heterocycles. The highest BCUT2D eigenvalue weighted by molar-refractivity contribution is 4.44. The average Bonchev–Trinajstić information content (AvgIpc) is 1.85. The third-order valence-corrected chi connectivity index (χ3v) is 1.45. The van der Waals surface area contributed by atoms with Crippen LogP contribution in [0.3, 0.4) is 0 Å². The van der Waals surface area contributed by atoms with E-state index in [1.807, 2.05) is 0 Å². The third kappa shape index (κ3) is 9.85. The van der Waals surface area contributed by atoms with Crippen LogP contribution in [0.4, 0.5) is 4.39 Å². The van der Waals surface area contributed by atoms with Gasteiger partial charge in [-0.1, -0.05) is 0 Å². The van der Waals surface area contributed by atoms with Gasteiger partial charge in [0.15, 0.2) is 0 Å². The van der Waals surface area contributed by atoms with Crippen LogP contribution in [0.15, 0.2) is 0 Å². The molecule has 3 heteroatoms. The fourth-order valence-corrected chi connectivity index (χ4v) is 0.870. The molecule has 0 aromatic carbocycles. The summed E-state index contributed by atoms with van der Waals surface area (Å²) in [6.45, 7) is 2.31.